The molecule has 0 aliphatic carbocycles. The van der Waals surface area contributed by atoms with Crippen LogP contribution in [0.25, 0.3) is 11.1 Å². The van der Waals surface area contributed by atoms with Crippen molar-refractivity contribution in [2.75, 3.05) is 0 Å². The molecule has 0 N–H and O–H groups in total. The molecular formula is C20H24O. The van der Waals surface area contributed by atoms with Crippen LogP contribution in [0.4, 0.5) is 0 Å². The minimum Gasteiger partial charge on any atom is -0.299 e. The van der Waals surface area contributed by atoms with Crippen molar-refractivity contribution in [3.05, 3.63) is 60.2 Å². The largest absolute Gasteiger partial charge is 0.299 e. The fourth-order valence-electron chi connectivity index (χ4n) is 2.41. The second-order valence-corrected chi connectivity index (χ2v) is 5.89. The monoisotopic (exact) mass is 280 g/mol. The quantitative estimate of drug-likeness (QED) is 0.630. The number of Topliss-reactive ketones (excluding diaryl/α,β-unsaturated/α-hetero) is 1. The van der Waals surface area contributed by atoms with Crippen molar-refractivity contribution >= 4 is 5.78 Å². The lowest BCUT2D eigenvalue weighted by Crippen LogP contribution is -2.06. The Morgan fingerprint density at radius 3 is 2.10 bits per heavy atom. The Kier molecular flexibility index (Phi) is 5.74. The number of unbranched alkanes of at least 4 members (excludes halogenated alkanes) is 1. The highest BCUT2D eigenvalue weighted by Crippen LogP contribution is 2.20. The van der Waals surface area contributed by atoms with E-state index in [1.54, 1.807) is 0 Å². The summed E-state index contributed by atoms with van der Waals surface area (Å²) in [5.74, 6) is 0.560. The first kappa shape index (κ1) is 15.5. The number of benzene rings is 2. The average molecular weight is 280 g/mol. The molecule has 0 radical (unpaired) electrons. The van der Waals surface area contributed by atoms with Crippen molar-refractivity contribution in [3.63, 3.8) is 0 Å². The molecule has 0 saturated heterocycles. The van der Waals surface area contributed by atoms with Gasteiger partial charge in [0, 0.05) is 12.3 Å². The average Bonchev–Trinajstić information content (AvgIpc) is 2.52. The molecule has 0 spiro atoms. The molecule has 0 amide bonds. The van der Waals surface area contributed by atoms with Gasteiger partial charge < -0.3 is 0 Å². The predicted octanol–water partition coefficient (Wildman–Crippen LogP) is 5.29. The number of ketones is 1. The van der Waals surface area contributed by atoms with Gasteiger partial charge in [-0.2, -0.15) is 0 Å². The standard InChI is InChI=1S/C20H24O/c1-16(2)20(21)11-7-6-8-17-12-14-19(15-13-17)18-9-4-3-5-10-18/h3-5,9-10,12-16H,6-8,11H2,1-2H3. The number of rotatable bonds is 7. The fraction of sp³-hybridized carbons (Fsp3) is 0.350. The van der Waals surface area contributed by atoms with Crippen LogP contribution in [0.2, 0.25) is 0 Å². The lowest BCUT2D eigenvalue weighted by molar-refractivity contribution is -0.122. The minimum atomic E-state index is 0.176. The zero-order valence-corrected chi connectivity index (χ0v) is 13.0. The van der Waals surface area contributed by atoms with Crippen LogP contribution in [0, 0.1) is 5.92 Å². The fourth-order valence-corrected chi connectivity index (χ4v) is 2.41. The van der Waals surface area contributed by atoms with E-state index in [0.29, 0.717) is 5.78 Å². The highest BCUT2D eigenvalue weighted by atomic mass is 16.1. The molecule has 2 rings (SSSR count). The van der Waals surface area contributed by atoms with E-state index in [-0.39, 0.29) is 5.92 Å². The molecule has 2 aromatic carbocycles. The highest BCUT2D eigenvalue weighted by molar-refractivity contribution is 5.80. The zero-order valence-electron chi connectivity index (χ0n) is 13.0. The van der Waals surface area contributed by atoms with Crippen LogP contribution in [0.5, 0.6) is 0 Å². The normalized spacial score (nSPS) is 10.8. The molecule has 1 heteroatoms. The summed E-state index contributed by atoms with van der Waals surface area (Å²) < 4.78 is 0. The van der Waals surface area contributed by atoms with Crippen molar-refractivity contribution in [3.8, 4) is 11.1 Å². The van der Waals surface area contributed by atoms with Crippen LogP contribution in [0.3, 0.4) is 0 Å². The Hall–Kier alpha value is -1.89. The Bertz CT molecular complexity index is 552. The third kappa shape index (κ3) is 4.86. The van der Waals surface area contributed by atoms with Gasteiger partial charge in [0.05, 0.1) is 0 Å². The zero-order chi connectivity index (χ0) is 15.1. The molecule has 0 saturated carbocycles. The summed E-state index contributed by atoms with van der Waals surface area (Å²) in [4.78, 5) is 11.6. The van der Waals surface area contributed by atoms with Gasteiger partial charge in [-0.15, -0.1) is 0 Å². The van der Waals surface area contributed by atoms with E-state index in [2.05, 4.69) is 48.5 Å². The molecule has 0 aliphatic heterocycles. The van der Waals surface area contributed by atoms with Gasteiger partial charge in [0.15, 0.2) is 0 Å². The third-order valence-corrected chi connectivity index (χ3v) is 3.84. The number of aryl methyl sites for hydroxylation is 1. The topological polar surface area (TPSA) is 17.1 Å². The molecular weight excluding hydrogens is 256 g/mol. The summed E-state index contributed by atoms with van der Waals surface area (Å²) in [7, 11) is 0. The molecule has 1 nitrogen and oxygen atoms in total. The first-order chi connectivity index (χ1) is 10.2. The van der Waals surface area contributed by atoms with E-state index in [1.807, 2.05) is 19.9 Å². The van der Waals surface area contributed by atoms with Gasteiger partial charge in [0.25, 0.3) is 0 Å². The van der Waals surface area contributed by atoms with E-state index in [4.69, 9.17) is 0 Å². The molecule has 0 aromatic heterocycles. The molecule has 0 aliphatic rings. The van der Waals surface area contributed by atoms with E-state index in [9.17, 15) is 4.79 Å². The molecule has 0 heterocycles. The highest BCUT2D eigenvalue weighted by Gasteiger charge is 2.06. The number of hydrogen-bond acceptors (Lipinski definition) is 1. The maximum Gasteiger partial charge on any atom is 0.135 e. The first-order valence-electron chi connectivity index (χ1n) is 7.84. The van der Waals surface area contributed by atoms with Crippen molar-refractivity contribution in [1.29, 1.82) is 0 Å². The van der Waals surface area contributed by atoms with Crippen molar-refractivity contribution < 1.29 is 4.79 Å². The van der Waals surface area contributed by atoms with Gasteiger partial charge in [0.1, 0.15) is 5.78 Å². The summed E-state index contributed by atoms with van der Waals surface area (Å²) in [5.41, 5.74) is 3.87. The van der Waals surface area contributed by atoms with E-state index < -0.39 is 0 Å². The molecule has 21 heavy (non-hydrogen) atoms. The summed E-state index contributed by atoms with van der Waals surface area (Å²) in [6.07, 6.45) is 3.86. The second kappa shape index (κ2) is 7.78. The van der Waals surface area contributed by atoms with Crippen LogP contribution in [0.1, 0.15) is 38.7 Å². The smallest absolute Gasteiger partial charge is 0.135 e. The molecule has 0 bridgehead atoms. The van der Waals surface area contributed by atoms with Gasteiger partial charge in [-0.25, -0.2) is 0 Å². The first-order valence-corrected chi connectivity index (χ1v) is 7.84. The number of carbonyl (C=O) groups is 1. The summed E-state index contributed by atoms with van der Waals surface area (Å²) in [5, 5.41) is 0. The van der Waals surface area contributed by atoms with Crippen LogP contribution >= 0.6 is 0 Å². The SMILES string of the molecule is CC(C)C(=O)CCCCc1ccc(-c2ccccc2)cc1. The van der Waals surface area contributed by atoms with Crippen molar-refractivity contribution in [2.24, 2.45) is 5.92 Å². The predicted molar refractivity (Wildman–Crippen MR) is 89.3 cm³/mol. The molecule has 0 fully saturated rings. The minimum absolute atomic E-state index is 0.176. The third-order valence-electron chi connectivity index (χ3n) is 3.84. The van der Waals surface area contributed by atoms with Gasteiger partial charge in [0.2, 0.25) is 0 Å². The maximum atomic E-state index is 11.6. The van der Waals surface area contributed by atoms with Gasteiger partial charge >= 0.3 is 0 Å². The summed E-state index contributed by atoms with van der Waals surface area (Å²) in [6, 6.07) is 19.2. The lowest BCUT2D eigenvalue weighted by Gasteiger charge is -2.06. The van der Waals surface area contributed by atoms with Crippen LogP contribution in [-0.2, 0) is 11.2 Å². The van der Waals surface area contributed by atoms with Crippen LogP contribution in [-0.4, -0.2) is 5.78 Å². The Labute approximate surface area is 128 Å². The van der Waals surface area contributed by atoms with E-state index in [1.165, 1.54) is 16.7 Å². The number of hydrogen-bond donors (Lipinski definition) is 0. The Morgan fingerprint density at radius 1 is 0.857 bits per heavy atom. The van der Waals surface area contributed by atoms with E-state index >= 15 is 0 Å². The second-order valence-electron chi connectivity index (χ2n) is 5.89. The molecule has 2 aromatic rings. The molecule has 110 valence electrons. The summed E-state index contributed by atoms with van der Waals surface area (Å²) in [6.45, 7) is 3.95. The lowest BCUT2D eigenvalue weighted by atomic mass is 9.99. The van der Waals surface area contributed by atoms with Gasteiger partial charge in [-0.3, -0.25) is 4.79 Å². The van der Waals surface area contributed by atoms with Crippen LogP contribution < -0.4 is 0 Å². The Morgan fingerprint density at radius 2 is 1.48 bits per heavy atom. The van der Waals surface area contributed by atoms with E-state index in [0.717, 1.165) is 25.7 Å². The molecule has 0 atom stereocenters. The Balaban J connectivity index is 1.82. The van der Waals surface area contributed by atoms with Gasteiger partial charge in [-0.1, -0.05) is 68.4 Å². The van der Waals surface area contributed by atoms with Gasteiger partial charge in [-0.05, 0) is 36.0 Å². The number of carbonyl (C=O) groups excluding carboxylic acids is 1. The van der Waals surface area contributed by atoms with Crippen molar-refractivity contribution in [1.82, 2.24) is 0 Å². The maximum absolute atomic E-state index is 11.6. The van der Waals surface area contributed by atoms with Crippen molar-refractivity contribution in [2.45, 2.75) is 39.5 Å². The molecule has 0 unspecified atom stereocenters. The summed E-state index contributed by atoms with van der Waals surface area (Å²) >= 11 is 0. The van der Waals surface area contributed by atoms with Crippen LogP contribution in [0.15, 0.2) is 54.6 Å².